The normalized spacial score (nSPS) is 11.0. The highest BCUT2D eigenvalue weighted by atomic mass is 127. The molecule has 7 heteroatoms. The first kappa shape index (κ1) is 22.8. The number of ether oxygens (including phenoxy) is 2. The number of nitrogens with zero attached hydrogens (tertiary/aromatic N) is 2. The molecule has 0 amide bonds. The molecule has 0 bridgehead atoms. The lowest BCUT2D eigenvalue weighted by Crippen LogP contribution is -2.38. The van der Waals surface area contributed by atoms with Gasteiger partial charge in [0, 0.05) is 31.9 Å². The molecular weight excluding hydrogens is 419 g/mol. The second-order valence-corrected chi connectivity index (χ2v) is 5.13. The van der Waals surface area contributed by atoms with Gasteiger partial charge in [0.05, 0.1) is 14.2 Å². The number of hydrogen-bond donors (Lipinski definition) is 2. The van der Waals surface area contributed by atoms with Gasteiger partial charge in [-0.1, -0.05) is 13.8 Å². The van der Waals surface area contributed by atoms with Gasteiger partial charge in [-0.3, -0.25) is 4.99 Å². The Labute approximate surface area is 163 Å². The van der Waals surface area contributed by atoms with Gasteiger partial charge in [0.2, 0.25) is 0 Å². The average Bonchev–Trinajstić information content (AvgIpc) is 2.59. The van der Waals surface area contributed by atoms with Gasteiger partial charge in [-0.05, 0) is 31.6 Å². The van der Waals surface area contributed by atoms with Crippen molar-refractivity contribution in [1.29, 1.82) is 0 Å². The summed E-state index contributed by atoms with van der Waals surface area (Å²) in [7, 11) is 5.02. The molecule has 0 unspecified atom stereocenters. The van der Waals surface area contributed by atoms with Crippen molar-refractivity contribution >= 4 is 35.6 Å². The molecule has 2 N–H and O–H groups in total. The monoisotopic (exact) mass is 450 g/mol. The minimum atomic E-state index is 0. The number of hydrogen-bond acceptors (Lipinski definition) is 4. The van der Waals surface area contributed by atoms with E-state index in [2.05, 4.69) is 34.4 Å². The zero-order valence-corrected chi connectivity index (χ0v) is 17.7. The third kappa shape index (κ3) is 7.57. The predicted octanol–water partition coefficient (Wildman–Crippen LogP) is 3.04. The van der Waals surface area contributed by atoms with E-state index in [1.807, 2.05) is 18.2 Å². The van der Waals surface area contributed by atoms with Crippen molar-refractivity contribution in [2.24, 2.45) is 4.99 Å². The first-order valence-electron chi connectivity index (χ1n) is 8.10. The van der Waals surface area contributed by atoms with Crippen LogP contribution in [0.25, 0.3) is 0 Å². The Hall–Kier alpha value is -1.22. The van der Waals surface area contributed by atoms with Crippen molar-refractivity contribution in [3.05, 3.63) is 18.2 Å². The fourth-order valence-electron chi connectivity index (χ4n) is 2.31. The van der Waals surface area contributed by atoms with Crippen molar-refractivity contribution in [2.75, 3.05) is 52.8 Å². The number of likely N-dealkylation sites (N-methyl/N-ethyl adjacent to an activating group) is 1. The first-order chi connectivity index (χ1) is 11.2. The van der Waals surface area contributed by atoms with Crippen molar-refractivity contribution in [2.45, 2.75) is 20.3 Å². The molecule has 0 heterocycles. The molecular formula is C17H31IN4O2. The van der Waals surface area contributed by atoms with E-state index in [-0.39, 0.29) is 24.0 Å². The van der Waals surface area contributed by atoms with Gasteiger partial charge >= 0.3 is 0 Å². The molecule has 138 valence electrons. The highest BCUT2D eigenvalue weighted by molar-refractivity contribution is 14.0. The second kappa shape index (κ2) is 13.1. The van der Waals surface area contributed by atoms with Gasteiger partial charge in [-0.25, -0.2) is 0 Å². The SMILES string of the molecule is CCCN(CC)CCNC(=NC)Nc1ccc(OC)c(OC)c1.I. The van der Waals surface area contributed by atoms with Gasteiger partial charge in [-0.2, -0.15) is 0 Å². The van der Waals surface area contributed by atoms with Crippen molar-refractivity contribution < 1.29 is 9.47 Å². The number of guanidine groups is 1. The van der Waals surface area contributed by atoms with Gasteiger partial charge in [0.25, 0.3) is 0 Å². The molecule has 1 rings (SSSR count). The second-order valence-electron chi connectivity index (χ2n) is 5.13. The standard InChI is InChI=1S/C17H30N4O2.HI/c1-6-11-21(7-2)12-10-19-17(18-3)20-14-8-9-15(22-4)16(13-14)23-5;/h8-9,13H,6-7,10-12H2,1-5H3,(H2,18,19,20);1H. The Morgan fingerprint density at radius 1 is 1.12 bits per heavy atom. The smallest absolute Gasteiger partial charge is 0.195 e. The number of anilines is 1. The van der Waals surface area contributed by atoms with Crippen molar-refractivity contribution in [3.63, 3.8) is 0 Å². The Bertz CT molecular complexity index is 497. The van der Waals surface area contributed by atoms with E-state index in [1.54, 1.807) is 21.3 Å². The molecule has 6 nitrogen and oxygen atoms in total. The molecule has 1 aromatic rings. The Kier molecular flexibility index (Phi) is 12.4. The van der Waals surface area contributed by atoms with Gasteiger partial charge in [0.15, 0.2) is 17.5 Å². The molecule has 24 heavy (non-hydrogen) atoms. The van der Waals surface area contributed by atoms with Crippen LogP contribution in [0.4, 0.5) is 5.69 Å². The van der Waals surface area contributed by atoms with Crippen molar-refractivity contribution in [3.8, 4) is 11.5 Å². The predicted molar refractivity (Wildman–Crippen MR) is 112 cm³/mol. The van der Waals surface area contributed by atoms with E-state index in [4.69, 9.17) is 9.47 Å². The largest absolute Gasteiger partial charge is 0.493 e. The topological polar surface area (TPSA) is 58.1 Å². The van der Waals surface area contributed by atoms with Crippen LogP contribution in [0.5, 0.6) is 11.5 Å². The number of aliphatic imine (C=N–C) groups is 1. The van der Waals surface area contributed by atoms with Crippen LogP contribution < -0.4 is 20.1 Å². The third-order valence-corrected chi connectivity index (χ3v) is 3.58. The maximum absolute atomic E-state index is 5.31. The van der Waals surface area contributed by atoms with Crippen LogP contribution in [0.15, 0.2) is 23.2 Å². The highest BCUT2D eigenvalue weighted by Crippen LogP contribution is 2.29. The van der Waals surface area contributed by atoms with E-state index in [0.717, 1.165) is 37.8 Å². The zero-order valence-electron chi connectivity index (χ0n) is 15.4. The van der Waals surface area contributed by atoms with E-state index < -0.39 is 0 Å². The van der Waals surface area contributed by atoms with Crippen LogP contribution in [0.2, 0.25) is 0 Å². The van der Waals surface area contributed by atoms with Crippen molar-refractivity contribution in [1.82, 2.24) is 10.2 Å². The quantitative estimate of drug-likeness (QED) is 0.344. The average molecular weight is 450 g/mol. The van der Waals surface area contributed by atoms with Crippen LogP contribution in [-0.2, 0) is 0 Å². The third-order valence-electron chi connectivity index (χ3n) is 3.58. The van der Waals surface area contributed by atoms with Crippen LogP contribution in [0.1, 0.15) is 20.3 Å². The zero-order chi connectivity index (χ0) is 17.1. The number of halogens is 1. The highest BCUT2D eigenvalue weighted by Gasteiger charge is 2.06. The summed E-state index contributed by atoms with van der Waals surface area (Å²) in [6.07, 6.45) is 1.17. The molecule has 0 saturated heterocycles. The lowest BCUT2D eigenvalue weighted by Gasteiger charge is -2.20. The molecule has 0 aromatic heterocycles. The minimum Gasteiger partial charge on any atom is -0.493 e. The molecule has 0 aliphatic rings. The Morgan fingerprint density at radius 2 is 1.83 bits per heavy atom. The van der Waals surface area contributed by atoms with E-state index in [0.29, 0.717) is 11.5 Å². The summed E-state index contributed by atoms with van der Waals surface area (Å²) in [4.78, 5) is 6.67. The van der Waals surface area contributed by atoms with Gasteiger partial charge < -0.3 is 25.0 Å². The molecule has 1 aromatic carbocycles. The minimum absolute atomic E-state index is 0. The van der Waals surface area contributed by atoms with Gasteiger partial charge in [-0.15, -0.1) is 24.0 Å². The first-order valence-corrected chi connectivity index (χ1v) is 8.10. The fourth-order valence-corrected chi connectivity index (χ4v) is 2.31. The van der Waals surface area contributed by atoms with Gasteiger partial charge in [0.1, 0.15) is 0 Å². The summed E-state index contributed by atoms with van der Waals surface area (Å²) >= 11 is 0. The van der Waals surface area contributed by atoms with E-state index >= 15 is 0 Å². The summed E-state index contributed by atoms with van der Waals surface area (Å²) < 4.78 is 10.6. The number of methoxy groups -OCH3 is 2. The molecule has 0 atom stereocenters. The molecule has 0 spiro atoms. The number of rotatable bonds is 9. The maximum atomic E-state index is 5.31. The fraction of sp³-hybridized carbons (Fsp3) is 0.588. The lowest BCUT2D eigenvalue weighted by molar-refractivity contribution is 0.293. The van der Waals surface area contributed by atoms with E-state index in [1.165, 1.54) is 6.42 Å². The summed E-state index contributed by atoms with van der Waals surface area (Å²) in [5.41, 5.74) is 0.900. The van der Waals surface area contributed by atoms with Crippen LogP contribution in [0.3, 0.4) is 0 Å². The molecule has 0 fully saturated rings. The molecule has 0 aliphatic heterocycles. The van der Waals surface area contributed by atoms with Crippen LogP contribution >= 0.6 is 24.0 Å². The summed E-state index contributed by atoms with van der Waals surface area (Å²) in [6, 6.07) is 5.69. The summed E-state index contributed by atoms with van der Waals surface area (Å²) in [5, 5.41) is 6.60. The molecule has 0 radical (unpaired) electrons. The maximum Gasteiger partial charge on any atom is 0.195 e. The van der Waals surface area contributed by atoms with Crippen LogP contribution in [-0.4, -0.2) is 58.3 Å². The Balaban J connectivity index is 0.00000529. The van der Waals surface area contributed by atoms with Crippen LogP contribution in [0, 0.1) is 0 Å². The number of benzene rings is 1. The molecule has 0 saturated carbocycles. The lowest BCUT2D eigenvalue weighted by atomic mass is 10.3. The summed E-state index contributed by atoms with van der Waals surface area (Å²) in [5.74, 6) is 2.14. The summed E-state index contributed by atoms with van der Waals surface area (Å²) in [6.45, 7) is 8.43. The Morgan fingerprint density at radius 3 is 2.38 bits per heavy atom. The molecule has 0 aliphatic carbocycles. The number of nitrogens with one attached hydrogen (secondary N) is 2. The van der Waals surface area contributed by atoms with E-state index in [9.17, 15) is 0 Å².